The molecular formula is C20H13N5O3S. The number of anilines is 3. The summed E-state index contributed by atoms with van der Waals surface area (Å²) in [5.41, 5.74) is 7.05. The summed E-state index contributed by atoms with van der Waals surface area (Å²) in [6.07, 6.45) is 3.09. The highest BCUT2D eigenvalue weighted by atomic mass is 32.1. The van der Waals surface area contributed by atoms with Gasteiger partial charge < -0.3 is 15.8 Å². The van der Waals surface area contributed by atoms with Crippen LogP contribution in [0.4, 0.5) is 21.9 Å². The Morgan fingerprint density at radius 1 is 1.10 bits per heavy atom. The first-order chi connectivity index (χ1) is 14.1. The summed E-state index contributed by atoms with van der Waals surface area (Å²) in [5.74, 6) is 0.412. The van der Waals surface area contributed by atoms with E-state index in [0.717, 1.165) is 11.3 Å². The summed E-state index contributed by atoms with van der Waals surface area (Å²) in [7, 11) is 0. The van der Waals surface area contributed by atoms with Crippen LogP contribution in [0.15, 0.2) is 60.9 Å². The van der Waals surface area contributed by atoms with Crippen LogP contribution in [-0.2, 0) is 0 Å². The van der Waals surface area contributed by atoms with Crippen LogP contribution in [0.1, 0.15) is 9.67 Å². The molecule has 0 unspecified atom stereocenters. The SMILES string of the molecule is NC(=O)c1sc2nccc3c2c1N(c1ccc(Oc2ccccc2)nc1)C(=O)N3. The molecule has 0 atom stereocenters. The molecule has 1 aromatic carbocycles. The van der Waals surface area contributed by atoms with Gasteiger partial charge in [-0.2, -0.15) is 0 Å². The molecule has 0 saturated heterocycles. The third-order valence-corrected chi connectivity index (χ3v) is 5.50. The zero-order valence-electron chi connectivity index (χ0n) is 14.8. The smallest absolute Gasteiger partial charge is 0.331 e. The van der Waals surface area contributed by atoms with E-state index in [-0.39, 0.29) is 4.88 Å². The van der Waals surface area contributed by atoms with Crippen molar-refractivity contribution >= 4 is 50.6 Å². The van der Waals surface area contributed by atoms with E-state index in [4.69, 9.17) is 10.5 Å². The predicted octanol–water partition coefficient (Wildman–Crippen LogP) is 4.27. The van der Waals surface area contributed by atoms with E-state index >= 15 is 0 Å². The van der Waals surface area contributed by atoms with Crippen LogP contribution >= 0.6 is 11.3 Å². The molecule has 0 radical (unpaired) electrons. The van der Waals surface area contributed by atoms with Gasteiger partial charge in [0.2, 0.25) is 5.88 Å². The topological polar surface area (TPSA) is 110 Å². The Kier molecular flexibility index (Phi) is 3.88. The monoisotopic (exact) mass is 403 g/mol. The van der Waals surface area contributed by atoms with E-state index in [1.807, 2.05) is 30.3 Å². The van der Waals surface area contributed by atoms with Crippen LogP contribution in [0.2, 0.25) is 0 Å². The number of hydrogen-bond acceptors (Lipinski definition) is 6. The lowest BCUT2D eigenvalue weighted by Gasteiger charge is -2.28. The van der Waals surface area contributed by atoms with Crippen molar-refractivity contribution in [3.05, 3.63) is 65.8 Å². The maximum atomic E-state index is 12.8. The number of thiophene rings is 1. The number of nitrogens with one attached hydrogen (secondary N) is 1. The maximum Gasteiger partial charge on any atom is 0.331 e. The molecule has 0 spiro atoms. The fraction of sp³-hybridized carbons (Fsp3) is 0. The second kappa shape index (κ2) is 6.57. The average molecular weight is 403 g/mol. The number of ether oxygens (including phenoxy) is 1. The lowest BCUT2D eigenvalue weighted by Crippen LogP contribution is -2.34. The van der Waals surface area contributed by atoms with Gasteiger partial charge in [0.25, 0.3) is 5.91 Å². The van der Waals surface area contributed by atoms with Gasteiger partial charge in [0, 0.05) is 12.3 Å². The fourth-order valence-electron chi connectivity index (χ4n) is 3.19. The summed E-state index contributed by atoms with van der Waals surface area (Å²) >= 11 is 1.15. The molecule has 142 valence electrons. The van der Waals surface area contributed by atoms with Gasteiger partial charge in [-0.3, -0.25) is 9.69 Å². The van der Waals surface area contributed by atoms with Crippen molar-refractivity contribution in [1.29, 1.82) is 0 Å². The van der Waals surface area contributed by atoms with Crippen LogP contribution in [-0.4, -0.2) is 21.9 Å². The lowest BCUT2D eigenvalue weighted by molar-refractivity contribution is 0.100. The summed E-state index contributed by atoms with van der Waals surface area (Å²) < 4.78 is 5.70. The molecule has 29 heavy (non-hydrogen) atoms. The third kappa shape index (κ3) is 2.84. The minimum Gasteiger partial charge on any atom is -0.439 e. The van der Waals surface area contributed by atoms with Gasteiger partial charge >= 0.3 is 6.03 Å². The van der Waals surface area contributed by atoms with Gasteiger partial charge in [0.1, 0.15) is 15.5 Å². The second-order valence-corrected chi connectivity index (χ2v) is 7.22. The van der Waals surface area contributed by atoms with Crippen LogP contribution in [0, 0.1) is 0 Å². The van der Waals surface area contributed by atoms with Crippen LogP contribution in [0.3, 0.4) is 0 Å². The van der Waals surface area contributed by atoms with Crippen molar-refractivity contribution in [1.82, 2.24) is 9.97 Å². The highest BCUT2D eigenvalue weighted by Crippen LogP contribution is 2.46. The number of primary amides is 1. The van der Waals surface area contributed by atoms with Crippen LogP contribution in [0.25, 0.3) is 10.2 Å². The Balaban J connectivity index is 1.58. The molecular weight excluding hydrogens is 390 g/mol. The number of benzene rings is 1. The lowest BCUT2D eigenvalue weighted by atomic mass is 10.1. The standard InChI is InChI=1S/C20H13N5O3S/c21-18(26)17-16-15-13(8-9-22-19(15)29-17)24-20(27)25(16)11-6-7-14(23-10-11)28-12-4-2-1-3-5-12/h1-10H,(H2,21,26)(H,24,27). The van der Waals surface area contributed by atoms with Gasteiger partial charge in [-0.1, -0.05) is 18.2 Å². The number of urea groups is 1. The van der Waals surface area contributed by atoms with Gasteiger partial charge in [-0.05, 0) is 24.3 Å². The normalized spacial score (nSPS) is 12.7. The molecule has 9 heteroatoms. The Hall–Kier alpha value is -3.98. The Morgan fingerprint density at radius 2 is 1.93 bits per heavy atom. The van der Waals surface area contributed by atoms with Crippen molar-refractivity contribution in [2.75, 3.05) is 10.2 Å². The zero-order valence-corrected chi connectivity index (χ0v) is 15.6. The number of hydrogen-bond donors (Lipinski definition) is 2. The number of aromatic nitrogens is 2. The molecule has 0 bridgehead atoms. The number of nitrogens with zero attached hydrogens (tertiary/aromatic N) is 3. The first-order valence-electron chi connectivity index (χ1n) is 8.63. The number of nitrogens with two attached hydrogens (primary N) is 1. The molecule has 0 aliphatic carbocycles. The zero-order chi connectivity index (χ0) is 20.0. The predicted molar refractivity (Wildman–Crippen MR) is 110 cm³/mol. The summed E-state index contributed by atoms with van der Waals surface area (Å²) in [6, 6.07) is 13.9. The number of carbonyl (C=O) groups excluding carboxylic acids is 2. The Morgan fingerprint density at radius 3 is 2.66 bits per heavy atom. The molecule has 3 amide bonds. The van der Waals surface area contributed by atoms with Gasteiger partial charge in [-0.15, -0.1) is 11.3 Å². The van der Waals surface area contributed by atoms with Crippen molar-refractivity contribution in [2.24, 2.45) is 5.73 Å². The molecule has 1 aliphatic heterocycles. The molecule has 4 aromatic rings. The largest absolute Gasteiger partial charge is 0.439 e. The molecule has 1 aliphatic rings. The molecule has 8 nitrogen and oxygen atoms in total. The highest BCUT2D eigenvalue weighted by molar-refractivity contribution is 7.21. The minimum absolute atomic E-state index is 0.263. The van der Waals surface area contributed by atoms with E-state index in [2.05, 4.69) is 15.3 Å². The highest BCUT2D eigenvalue weighted by Gasteiger charge is 2.33. The first kappa shape index (κ1) is 17.1. The first-order valence-corrected chi connectivity index (χ1v) is 9.45. The molecule has 3 aromatic heterocycles. The Bertz CT molecular complexity index is 1250. The van der Waals surface area contributed by atoms with Crippen molar-refractivity contribution in [3.63, 3.8) is 0 Å². The number of carbonyl (C=O) groups is 2. The van der Waals surface area contributed by atoms with E-state index in [1.54, 1.807) is 24.4 Å². The summed E-state index contributed by atoms with van der Waals surface area (Å²) in [6.45, 7) is 0. The van der Waals surface area contributed by atoms with Crippen LogP contribution < -0.4 is 20.7 Å². The van der Waals surface area contributed by atoms with Gasteiger partial charge in [0.15, 0.2) is 0 Å². The summed E-state index contributed by atoms with van der Waals surface area (Å²) in [5, 5.41) is 3.50. The second-order valence-electron chi connectivity index (χ2n) is 6.22. The minimum atomic E-state index is -0.620. The number of pyridine rings is 2. The van der Waals surface area contributed by atoms with E-state index < -0.39 is 11.9 Å². The third-order valence-electron chi connectivity index (χ3n) is 4.40. The van der Waals surface area contributed by atoms with Crippen molar-refractivity contribution in [3.8, 4) is 11.6 Å². The number of para-hydroxylation sites is 1. The molecule has 0 fully saturated rings. The quantitative estimate of drug-likeness (QED) is 0.529. The Labute approximate surface area is 168 Å². The van der Waals surface area contributed by atoms with Crippen LogP contribution in [0.5, 0.6) is 11.6 Å². The van der Waals surface area contributed by atoms with E-state index in [0.29, 0.717) is 38.9 Å². The number of amides is 3. The number of rotatable bonds is 4. The van der Waals surface area contributed by atoms with Gasteiger partial charge in [0.05, 0.1) is 28.6 Å². The maximum absolute atomic E-state index is 12.8. The van der Waals surface area contributed by atoms with Crippen molar-refractivity contribution in [2.45, 2.75) is 0 Å². The molecule has 0 saturated carbocycles. The molecule has 3 N–H and O–H groups in total. The average Bonchev–Trinajstić information content (AvgIpc) is 3.11. The van der Waals surface area contributed by atoms with E-state index in [9.17, 15) is 9.59 Å². The van der Waals surface area contributed by atoms with Crippen molar-refractivity contribution < 1.29 is 14.3 Å². The van der Waals surface area contributed by atoms with Gasteiger partial charge in [-0.25, -0.2) is 14.8 Å². The molecule has 5 rings (SSSR count). The fourth-order valence-corrected chi connectivity index (χ4v) is 4.19. The molecule has 4 heterocycles. The summed E-state index contributed by atoms with van der Waals surface area (Å²) in [4.78, 5) is 35.7. The van der Waals surface area contributed by atoms with E-state index in [1.165, 1.54) is 11.1 Å².